The number of hydrogen-bond donors (Lipinski definition) is 1. The third-order valence-electron chi connectivity index (χ3n) is 5.26. The van der Waals surface area contributed by atoms with E-state index in [-0.39, 0.29) is 5.97 Å². The molecule has 0 bridgehead atoms. The fourth-order valence-corrected chi connectivity index (χ4v) is 4.77. The highest BCUT2D eigenvalue weighted by Gasteiger charge is 2.27. The Labute approximate surface area is 169 Å². The summed E-state index contributed by atoms with van der Waals surface area (Å²) in [7, 11) is 0. The molecule has 0 saturated heterocycles. The van der Waals surface area contributed by atoms with Crippen molar-refractivity contribution < 1.29 is 9.53 Å². The molecule has 0 spiro atoms. The first-order valence-electron chi connectivity index (χ1n) is 9.38. The molecule has 0 aromatic heterocycles. The monoisotopic (exact) mass is 463 g/mol. The predicted molar refractivity (Wildman–Crippen MR) is 113 cm³/mol. The number of esters is 1. The van der Waals surface area contributed by atoms with E-state index < -0.39 is 0 Å². The average Bonchev–Trinajstić information content (AvgIpc) is 2.67. The van der Waals surface area contributed by atoms with Crippen molar-refractivity contribution in [3.63, 3.8) is 0 Å². The minimum Gasteiger partial charge on any atom is -0.457 e. The molecule has 0 unspecified atom stereocenters. The van der Waals surface area contributed by atoms with E-state index in [1.165, 1.54) is 5.56 Å². The van der Waals surface area contributed by atoms with Gasteiger partial charge in [0.05, 0.1) is 5.56 Å². The number of rotatable bonds is 5. The molecule has 0 radical (unpaired) electrons. The third kappa shape index (κ3) is 4.46. The summed E-state index contributed by atoms with van der Waals surface area (Å²) < 4.78 is 6.72. The summed E-state index contributed by atoms with van der Waals surface area (Å²) >= 11 is 2.31. The maximum Gasteiger partial charge on any atom is 0.339 e. The van der Waals surface area contributed by atoms with Crippen LogP contribution in [0.15, 0.2) is 42.5 Å². The number of carbonyl (C=O) groups is 1. The number of carbonyl (C=O) groups excluding carboxylic acids is 1. The molecule has 0 heterocycles. The Morgan fingerprint density at radius 1 is 1.12 bits per heavy atom. The van der Waals surface area contributed by atoms with E-state index in [4.69, 9.17) is 10.5 Å². The fraction of sp³-hybridized carbons (Fsp3) is 0.409. The lowest BCUT2D eigenvalue weighted by Gasteiger charge is -2.28. The normalized spacial score (nSPS) is 20.0. The van der Waals surface area contributed by atoms with E-state index in [9.17, 15) is 4.79 Å². The number of aryl methyl sites for hydroxylation is 1. The highest BCUT2D eigenvalue weighted by molar-refractivity contribution is 14.1. The molecule has 0 aliphatic heterocycles. The summed E-state index contributed by atoms with van der Waals surface area (Å²) in [5.74, 6) is 0.187. The van der Waals surface area contributed by atoms with Gasteiger partial charge in [-0.15, -0.1) is 0 Å². The first-order valence-corrected chi connectivity index (χ1v) is 10.5. The summed E-state index contributed by atoms with van der Waals surface area (Å²) in [5.41, 5.74) is 10.2. The van der Waals surface area contributed by atoms with Crippen LogP contribution in [0.1, 0.15) is 65.6 Å². The molecule has 1 saturated carbocycles. The molecule has 1 aliphatic rings. The van der Waals surface area contributed by atoms with E-state index in [1.54, 1.807) is 0 Å². The number of hydrogen-bond acceptors (Lipinski definition) is 3. The Morgan fingerprint density at radius 2 is 1.81 bits per heavy atom. The van der Waals surface area contributed by atoms with Crippen molar-refractivity contribution in [2.24, 2.45) is 5.73 Å². The number of halogens is 1. The van der Waals surface area contributed by atoms with Crippen molar-refractivity contribution in [3.05, 3.63) is 68.3 Å². The van der Waals surface area contributed by atoms with E-state index in [0.29, 0.717) is 18.6 Å². The van der Waals surface area contributed by atoms with Gasteiger partial charge in [0.1, 0.15) is 6.61 Å². The molecular weight excluding hydrogens is 437 g/mol. The molecule has 1 aliphatic carbocycles. The van der Waals surface area contributed by atoms with Gasteiger partial charge < -0.3 is 10.5 Å². The predicted octanol–water partition coefficient (Wildman–Crippen LogP) is 5.20. The fourth-order valence-electron chi connectivity index (χ4n) is 3.68. The van der Waals surface area contributed by atoms with Crippen LogP contribution in [0, 0.1) is 3.57 Å². The zero-order valence-corrected chi connectivity index (χ0v) is 17.4. The zero-order chi connectivity index (χ0) is 18.5. The number of nitrogens with two attached hydrogens (primary N) is 1. The molecule has 2 aromatic rings. The first kappa shape index (κ1) is 19.4. The summed E-state index contributed by atoms with van der Waals surface area (Å²) in [4.78, 5) is 13.0. The first-order chi connectivity index (χ1) is 12.6. The smallest absolute Gasteiger partial charge is 0.339 e. The van der Waals surface area contributed by atoms with Crippen LogP contribution < -0.4 is 5.73 Å². The second-order valence-electron chi connectivity index (χ2n) is 7.03. The summed E-state index contributed by atoms with van der Waals surface area (Å²) in [6.45, 7) is 2.43. The average molecular weight is 463 g/mol. The second kappa shape index (κ2) is 9.00. The van der Waals surface area contributed by atoms with Crippen LogP contribution in [0.25, 0.3) is 0 Å². The molecular formula is C22H26INO2. The maximum absolute atomic E-state index is 13.0. The van der Waals surface area contributed by atoms with Gasteiger partial charge in [-0.3, -0.25) is 0 Å². The molecule has 138 valence electrons. The number of ether oxygens (including phenoxy) is 1. The molecule has 0 atom stereocenters. The Hall–Kier alpha value is -1.40. The summed E-state index contributed by atoms with van der Waals surface area (Å²) in [5, 5.41) is 0. The third-order valence-corrected chi connectivity index (χ3v) is 6.50. The van der Waals surface area contributed by atoms with Crippen LogP contribution in [0.2, 0.25) is 0 Å². The van der Waals surface area contributed by atoms with Crippen LogP contribution in [-0.4, -0.2) is 12.0 Å². The van der Waals surface area contributed by atoms with Crippen LogP contribution in [0.4, 0.5) is 0 Å². The van der Waals surface area contributed by atoms with Crippen molar-refractivity contribution >= 4 is 28.6 Å². The largest absolute Gasteiger partial charge is 0.457 e. The van der Waals surface area contributed by atoms with Gasteiger partial charge in [0, 0.05) is 9.61 Å². The minimum absolute atomic E-state index is 0.210. The van der Waals surface area contributed by atoms with Gasteiger partial charge in [-0.2, -0.15) is 0 Å². The van der Waals surface area contributed by atoms with Crippen molar-refractivity contribution in [1.82, 2.24) is 0 Å². The van der Waals surface area contributed by atoms with Gasteiger partial charge in [0.15, 0.2) is 0 Å². The minimum atomic E-state index is -0.210. The van der Waals surface area contributed by atoms with Gasteiger partial charge >= 0.3 is 5.97 Å². The molecule has 3 nitrogen and oxygen atoms in total. The lowest BCUT2D eigenvalue weighted by molar-refractivity contribution is 0.0469. The van der Waals surface area contributed by atoms with Crippen LogP contribution in [0.5, 0.6) is 0 Å². The van der Waals surface area contributed by atoms with E-state index in [1.807, 2.05) is 30.3 Å². The quantitative estimate of drug-likeness (QED) is 0.490. The van der Waals surface area contributed by atoms with Crippen molar-refractivity contribution in [1.29, 1.82) is 0 Å². The molecule has 1 fully saturated rings. The zero-order valence-electron chi connectivity index (χ0n) is 15.2. The highest BCUT2D eigenvalue weighted by Crippen LogP contribution is 2.37. The van der Waals surface area contributed by atoms with Crippen LogP contribution in [0.3, 0.4) is 0 Å². The Bertz CT molecular complexity index is 752. The Kier molecular flexibility index (Phi) is 6.70. The molecule has 3 rings (SSSR count). The van der Waals surface area contributed by atoms with Gasteiger partial charge in [0.25, 0.3) is 0 Å². The Morgan fingerprint density at radius 3 is 2.46 bits per heavy atom. The molecule has 0 amide bonds. The molecule has 26 heavy (non-hydrogen) atoms. The standard InChI is InChI=1S/C22H26INO2/c1-2-16-10-13-19(17-8-11-18(24)12-9-17)20(21(16)23)22(25)26-14-15-6-4-3-5-7-15/h3-7,10,13,17-18H,2,8-9,11-12,14,24H2,1H3. The Balaban J connectivity index is 1.86. The topological polar surface area (TPSA) is 52.3 Å². The van der Waals surface area contributed by atoms with Crippen LogP contribution in [-0.2, 0) is 17.8 Å². The van der Waals surface area contributed by atoms with Crippen molar-refractivity contribution in [2.75, 3.05) is 0 Å². The van der Waals surface area contributed by atoms with E-state index >= 15 is 0 Å². The SMILES string of the molecule is CCc1ccc(C2CCC(N)CC2)c(C(=O)OCc2ccccc2)c1I. The highest BCUT2D eigenvalue weighted by atomic mass is 127. The van der Waals surface area contributed by atoms with Crippen molar-refractivity contribution in [2.45, 2.75) is 57.6 Å². The second-order valence-corrected chi connectivity index (χ2v) is 8.11. The van der Waals surface area contributed by atoms with Crippen molar-refractivity contribution in [3.8, 4) is 0 Å². The molecule has 4 heteroatoms. The summed E-state index contributed by atoms with van der Waals surface area (Å²) in [6, 6.07) is 14.4. The van der Waals surface area contributed by atoms with E-state index in [0.717, 1.165) is 52.4 Å². The lowest BCUT2D eigenvalue weighted by Crippen LogP contribution is -2.26. The maximum atomic E-state index is 13.0. The lowest BCUT2D eigenvalue weighted by atomic mass is 9.80. The molecule has 2 N–H and O–H groups in total. The van der Waals surface area contributed by atoms with Gasteiger partial charge in [-0.1, -0.05) is 49.4 Å². The van der Waals surface area contributed by atoms with Gasteiger partial charge in [-0.25, -0.2) is 4.79 Å². The molecule has 2 aromatic carbocycles. The summed E-state index contributed by atoms with van der Waals surface area (Å²) in [6.07, 6.45) is 5.04. The van der Waals surface area contributed by atoms with Gasteiger partial charge in [-0.05, 0) is 77.3 Å². The number of benzene rings is 2. The van der Waals surface area contributed by atoms with Gasteiger partial charge in [0.2, 0.25) is 0 Å². The van der Waals surface area contributed by atoms with Crippen LogP contribution >= 0.6 is 22.6 Å². The van der Waals surface area contributed by atoms with E-state index in [2.05, 4.69) is 41.6 Å².